The van der Waals surface area contributed by atoms with Gasteiger partial charge in [0.05, 0.1) is 5.02 Å². The van der Waals surface area contributed by atoms with Gasteiger partial charge < -0.3 is 0 Å². The smallest absolute Gasteiger partial charge is 0.246 e. The molecule has 0 saturated heterocycles. The van der Waals surface area contributed by atoms with Crippen LogP contribution in [0.4, 0.5) is 3.89 Å². The lowest BCUT2D eigenvalue weighted by atomic mass is 10.5. The SMILES string of the molecule is O=S(=O)(F)c1cc(Cl)cnc1Br. The van der Waals surface area contributed by atoms with Gasteiger partial charge in [-0.25, -0.2) is 4.98 Å². The molecule has 0 aromatic carbocycles. The maximum Gasteiger partial charge on any atom is 0.334 e. The van der Waals surface area contributed by atoms with E-state index in [0.717, 1.165) is 6.07 Å². The lowest BCUT2D eigenvalue weighted by Gasteiger charge is -1.97. The zero-order chi connectivity index (χ0) is 9.35. The molecule has 0 atom stereocenters. The van der Waals surface area contributed by atoms with E-state index < -0.39 is 15.1 Å². The third kappa shape index (κ3) is 2.15. The molecule has 7 heteroatoms. The molecular weight excluding hydrogens is 272 g/mol. The van der Waals surface area contributed by atoms with Gasteiger partial charge in [-0.2, -0.15) is 8.42 Å². The Balaban J connectivity index is 3.43. The van der Waals surface area contributed by atoms with Crippen molar-refractivity contribution in [1.29, 1.82) is 0 Å². The minimum atomic E-state index is -4.75. The zero-order valence-corrected chi connectivity index (χ0v) is 8.62. The number of pyridine rings is 1. The van der Waals surface area contributed by atoms with E-state index in [0.29, 0.717) is 0 Å². The van der Waals surface area contributed by atoms with Gasteiger partial charge in [0, 0.05) is 6.20 Å². The van der Waals surface area contributed by atoms with E-state index in [4.69, 9.17) is 11.6 Å². The van der Waals surface area contributed by atoms with Crippen LogP contribution in [0, 0.1) is 0 Å². The average molecular weight is 274 g/mol. The number of nitrogens with zero attached hydrogens (tertiary/aromatic N) is 1. The summed E-state index contributed by atoms with van der Waals surface area (Å²) in [4.78, 5) is 2.95. The molecule has 0 aliphatic rings. The topological polar surface area (TPSA) is 47.0 Å². The molecule has 12 heavy (non-hydrogen) atoms. The van der Waals surface area contributed by atoms with Crippen LogP contribution in [0.1, 0.15) is 0 Å². The first-order chi connectivity index (χ1) is 5.41. The first-order valence-electron chi connectivity index (χ1n) is 2.67. The maximum absolute atomic E-state index is 12.4. The van der Waals surface area contributed by atoms with Gasteiger partial charge in [-0.15, -0.1) is 3.89 Å². The minimum absolute atomic E-state index is 0.0643. The summed E-state index contributed by atoms with van der Waals surface area (Å²) in [6, 6.07) is 0.980. The molecule has 0 radical (unpaired) electrons. The Hall–Kier alpha value is -0.200. The van der Waals surface area contributed by atoms with Gasteiger partial charge in [-0.3, -0.25) is 0 Å². The molecule has 66 valence electrons. The van der Waals surface area contributed by atoms with Crippen molar-refractivity contribution >= 4 is 37.8 Å². The second kappa shape index (κ2) is 3.27. The monoisotopic (exact) mass is 273 g/mol. The third-order valence-electron chi connectivity index (χ3n) is 1.04. The fraction of sp³-hybridized carbons (Fsp3) is 0. The first kappa shape index (κ1) is 9.88. The summed E-state index contributed by atoms with van der Waals surface area (Å²) in [6.07, 6.45) is 1.21. The van der Waals surface area contributed by atoms with Crippen molar-refractivity contribution in [2.24, 2.45) is 0 Å². The Morgan fingerprint density at radius 2 is 2.17 bits per heavy atom. The second-order valence-electron chi connectivity index (χ2n) is 1.88. The van der Waals surface area contributed by atoms with Crippen molar-refractivity contribution in [2.75, 3.05) is 0 Å². The van der Waals surface area contributed by atoms with Crippen LogP contribution in [0.3, 0.4) is 0 Å². The normalized spacial score (nSPS) is 11.6. The third-order valence-corrected chi connectivity index (χ3v) is 2.97. The van der Waals surface area contributed by atoms with Gasteiger partial charge in [0.25, 0.3) is 0 Å². The molecule has 0 amide bonds. The summed E-state index contributed by atoms with van der Waals surface area (Å²) in [5, 5.41) is 0.0643. The van der Waals surface area contributed by atoms with Gasteiger partial charge >= 0.3 is 10.2 Å². The van der Waals surface area contributed by atoms with E-state index in [1.54, 1.807) is 0 Å². The fourth-order valence-electron chi connectivity index (χ4n) is 0.575. The molecule has 0 N–H and O–H groups in total. The molecule has 1 aromatic rings. The Labute approximate surface area is 81.9 Å². The van der Waals surface area contributed by atoms with Crippen molar-refractivity contribution < 1.29 is 12.3 Å². The van der Waals surface area contributed by atoms with Crippen LogP contribution >= 0.6 is 27.5 Å². The van der Waals surface area contributed by atoms with Crippen molar-refractivity contribution in [3.8, 4) is 0 Å². The van der Waals surface area contributed by atoms with Crippen LogP contribution in [0.25, 0.3) is 0 Å². The number of aromatic nitrogens is 1. The quantitative estimate of drug-likeness (QED) is 0.582. The largest absolute Gasteiger partial charge is 0.334 e. The highest BCUT2D eigenvalue weighted by Gasteiger charge is 2.17. The predicted molar refractivity (Wildman–Crippen MR) is 45.2 cm³/mol. The lowest BCUT2D eigenvalue weighted by molar-refractivity contribution is 0.551. The number of rotatable bonds is 1. The summed E-state index contributed by atoms with van der Waals surface area (Å²) in [5.41, 5.74) is 0. The lowest BCUT2D eigenvalue weighted by Crippen LogP contribution is -1.94. The highest BCUT2D eigenvalue weighted by Crippen LogP contribution is 2.23. The molecule has 0 bridgehead atoms. The Morgan fingerprint density at radius 3 is 2.58 bits per heavy atom. The maximum atomic E-state index is 12.4. The molecule has 1 aromatic heterocycles. The van der Waals surface area contributed by atoms with Crippen LogP contribution in [0.2, 0.25) is 5.02 Å². The molecule has 0 aliphatic carbocycles. The highest BCUT2D eigenvalue weighted by atomic mass is 79.9. The van der Waals surface area contributed by atoms with Gasteiger partial charge in [-0.05, 0) is 22.0 Å². The summed E-state index contributed by atoms with van der Waals surface area (Å²) < 4.78 is 33.1. The van der Waals surface area contributed by atoms with Gasteiger partial charge in [0.2, 0.25) is 0 Å². The van der Waals surface area contributed by atoms with Crippen molar-refractivity contribution in [3.63, 3.8) is 0 Å². The summed E-state index contributed by atoms with van der Waals surface area (Å²) in [6.45, 7) is 0. The van der Waals surface area contributed by atoms with Crippen LogP contribution < -0.4 is 0 Å². The van der Waals surface area contributed by atoms with E-state index in [9.17, 15) is 12.3 Å². The number of halogens is 3. The summed E-state index contributed by atoms with van der Waals surface area (Å²) in [5.74, 6) is 0. The molecular formula is C5H2BrClFNO2S. The Morgan fingerprint density at radius 1 is 1.58 bits per heavy atom. The number of hydrogen-bond acceptors (Lipinski definition) is 3. The van der Waals surface area contributed by atoms with Crippen LogP contribution in [0.15, 0.2) is 21.8 Å². The van der Waals surface area contributed by atoms with Crippen molar-refractivity contribution in [3.05, 3.63) is 21.9 Å². The standard InChI is InChI=1S/C5H2BrClFNO2S/c6-5-4(12(8,10)11)1-3(7)2-9-5/h1-2H. The fourth-order valence-corrected chi connectivity index (χ4v) is 2.12. The molecule has 0 aliphatic heterocycles. The van der Waals surface area contributed by atoms with Gasteiger partial charge in [0.1, 0.15) is 9.50 Å². The van der Waals surface area contributed by atoms with E-state index in [2.05, 4.69) is 20.9 Å². The molecule has 0 unspecified atom stereocenters. The van der Waals surface area contributed by atoms with Crippen molar-refractivity contribution in [1.82, 2.24) is 4.98 Å². The predicted octanol–water partition coefficient (Wildman–Crippen LogP) is 2.16. The van der Waals surface area contributed by atoms with E-state index in [-0.39, 0.29) is 9.63 Å². The number of hydrogen-bond donors (Lipinski definition) is 0. The van der Waals surface area contributed by atoms with Crippen LogP contribution in [-0.2, 0) is 10.2 Å². The molecule has 0 fully saturated rings. The van der Waals surface area contributed by atoms with Crippen LogP contribution in [-0.4, -0.2) is 13.4 Å². The minimum Gasteiger partial charge on any atom is -0.246 e. The Kier molecular flexibility index (Phi) is 2.70. The first-order valence-corrected chi connectivity index (χ1v) is 5.22. The molecule has 1 heterocycles. The van der Waals surface area contributed by atoms with E-state index >= 15 is 0 Å². The molecule has 3 nitrogen and oxygen atoms in total. The second-order valence-corrected chi connectivity index (χ2v) is 4.38. The molecule has 0 spiro atoms. The van der Waals surface area contributed by atoms with E-state index in [1.165, 1.54) is 6.20 Å². The molecule has 1 rings (SSSR count). The zero-order valence-electron chi connectivity index (χ0n) is 5.46. The van der Waals surface area contributed by atoms with Gasteiger partial charge in [-0.1, -0.05) is 11.6 Å². The summed E-state index contributed by atoms with van der Waals surface area (Å²) >= 11 is 8.19. The highest BCUT2D eigenvalue weighted by molar-refractivity contribution is 9.10. The van der Waals surface area contributed by atoms with Gasteiger partial charge in [0.15, 0.2) is 0 Å². The Bertz CT molecular complexity index is 408. The van der Waals surface area contributed by atoms with Crippen LogP contribution in [0.5, 0.6) is 0 Å². The average Bonchev–Trinajstić information content (AvgIpc) is 1.92. The van der Waals surface area contributed by atoms with E-state index in [1.807, 2.05) is 0 Å². The van der Waals surface area contributed by atoms with Crippen molar-refractivity contribution in [2.45, 2.75) is 4.90 Å². The summed E-state index contributed by atoms with van der Waals surface area (Å²) in [7, 11) is -4.75. The molecule has 0 saturated carbocycles.